The molecule has 0 fully saturated rings. The van der Waals surface area contributed by atoms with Crippen molar-refractivity contribution in [2.24, 2.45) is 0 Å². The van der Waals surface area contributed by atoms with Gasteiger partial charge in [-0.25, -0.2) is 9.78 Å². The Morgan fingerprint density at radius 3 is 2.33 bits per heavy atom. The van der Waals surface area contributed by atoms with Crippen molar-refractivity contribution in [3.63, 3.8) is 0 Å². The van der Waals surface area contributed by atoms with Gasteiger partial charge in [-0.1, -0.05) is 43.3 Å². The van der Waals surface area contributed by atoms with Gasteiger partial charge in [-0.05, 0) is 55.3 Å². The second-order valence-corrected chi connectivity index (χ2v) is 8.41. The number of amides is 2. The van der Waals surface area contributed by atoms with Crippen molar-refractivity contribution >= 4 is 22.6 Å². The Balaban J connectivity index is 1.76. The maximum Gasteiger partial charge on any atom is 0.418 e. The number of hydrogen-bond acceptors (Lipinski definition) is 3. The minimum atomic E-state index is -4.63. The quantitative estimate of drug-likeness (QED) is 0.360. The Labute approximate surface area is 206 Å². The molecule has 0 aliphatic heterocycles. The Bertz CT molecular complexity index is 1460. The second kappa shape index (κ2) is 9.85. The summed E-state index contributed by atoms with van der Waals surface area (Å²) < 4.78 is 41.6. The summed E-state index contributed by atoms with van der Waals surface area (Å²) in [7, 11) is 1.45. The fraction of sp³-hybridized carbons (Fsp3) is 0.222. The number of halogens is 3. The molecule has 4 aromatic rings. The minimum absolute atomic E-state index is 0.282. The van der Waals surface area contributed by atoms with Crippen LogP contribution < -0.4 is 10.9 Å². The SMILES string of the molecule is CCc1ccc(-n2c(C(C)N(C)C(=O)Nc3ccccc3C(F)(F)F)nc3ccccc3c2=O)cc1. The summed E-state index contributed by atoms with van der Waals surface area (Å²) in [5, 5.41) is 2.76. The minimum Gasteiger partial charge on any atom is -0.318 e. The summed E-state index contributed by atoms with van der Waals surface area (Å²) >= 11 is 0. The molecule has 0 aliphatic carbocycles. The number of benzene rings is 3. The third kappa shape index (κ3) is 4.82. The molecule has 1 N–H and O–H groups in total. The number of para-hydroxylation sites is 2. The van der Waals surface area contributed by atoms with Gasteiger partial charge in [0.05, 0.1) is 33.9 Å². The number of alkyl halides is 3. The summed E-state index contributed by atoms with van der Waals surface area (Å²) in [6.07, 6.45) is -3.80. The van der Waals surface area contributed by atoms with Gasteiger partial charge in [0.15, 0.2) is 0 Å². The fourth-order valence-corrected chi connectivity index (χ4v) is 3.95. The van der Waals surface area contributed by atoms with Gasteiger partial charge in [-0.3, -0.25) is 9.36 Å². The first-order chi connectivity index (χ1) is 17.1. The molecular weight excluding hydrogens is 469 g/mol. The zero-order valence-corrected chi connectivity index (χ0v) is 20.0. The van der Waals surface area contributed by atoms with E-state index in [1.807, 2.05) is 31.2 Å². The molecule has 1 unspecified atom stereocenters. The molecular formula is C27H25F3N4O2. The molecule has 1 atom stereocenters. The molecule has 186 valence electrons. The van der Waals surface area contributed by atoms with Crippen LogP contribution in [0, 0.1) is 0 Å². The number of anilines is 1. The molecule has 36 heavy (non-hydrogen) atoms. The van der Waals surface area contributed by atoms with Gasteiger partial charge in [0.1, 0.15) is 5.82 Å². The first-order valence-electron chi connectivity index (χ1n) is 11.4. The first-order valence-corrected chi connectivity index (χ1v) is 11.4. The number of nitrogens with one attached hydrogen (secondary N) is 1. The van der Waals surface area contributed by atoms with Crippen molar-refractivity contribution in [1.82, 2.24) is 14.5 Å². The number of aryl methyl sites for hydroxylation is 1. The van der Waals surface area contributed by atoms with Gasteiger partial charge in [-0.2, -0.15) is 13.2 Å². The van der Waals surface area contributed by atoms with E-state index in [0.717, 1.165) is 18.1 Å². The highest BCUT2D eigenvalue weighted by Gasteiger charge is 2.34. The van der Waals surface area contributed by atoms with Gasteiger partial charge in [0.2, 0.25) is 0 Å². The molecule has 0 spiro atoms. The number of fused-ring (bicyclic) bond motifs is 1. The summed E-state index contributed by atoms with van der Waals surface area (Å²) in [4.78, 5) is 32.5. The largest absolute Gasteiger partial charge is 0.418 e. The Morgan fingerprint density at radius 2 is 1.67 bits per heavy atom. The maximum atomic E-state index is 13.5. The first kappa shape index (κ1) is 25.0. The summed E-state index contributed by atoms with van der Waals surface area (Å²) in [6, 6.07) is 17.6. The number of rotatable bonds is 5. The van der Waals surface area contributed by atoms with Gasteiger partial charge in [0.25, 0.3) is 5.56 Å². The number of carbonyl (C=O) groups excluding carboxylic acids is 1. The standard InChI is InChI=1S/C27H25F3N4O2/c1-4-18-13-15-19(16-14-18)34-24(31-22-11-7-5-9-20(22)25(34)35)17(2)33(3)26(36)32-23-12-8-6-10-21(23)27(28,29)30/h5-17H,4H2,1-3H3,(H,32,36). The highest BCUT2D eigenvalue weighted by Crippen LogP contribution is 2.35. The van der Waals surface area contributed by atoms with Crippen LogP contribution in [-0.2, 0) is 12.6 Å². The van der Waals surface area contributed by atoms with Crippen molar-refractivity contribution in [3.8, 4) is 5.69 Å². The van der Waals surface area contributed by atoms with Crippen LogP contribution in [0.4, 0.5) is 23.7 Å². The van der Waals surface area contributed by atoms with Gasteiger partial charge in [-0.15, -0.1) is 0 Å². The van der Waals surface area contributed by atoms with E-state index in [1.54, 1.807) is 31.2 Å². The lowest BCUT2D eigenvalue weighted by molar-refractivity contribution is -0.136. The van der Waals surface area contributed by atoms with Crippen LogP contribution >= 0.6 is 0 Å². The van der Waals surface area contributed by atoms with Gasteiger partial charge < -0.3 is 10.2 Å². The van der Waals surface area contributed by atoms with Crippen molar-refractivity contribution in [3.05, 3.63) is 100 Å². The molecule has 0 saturated heterocycles. The van der Waals surface area contributed by atoms with Crippen molar-refractivity contribution in [1.29, 1.82) is 0 Å². The van der Waals surface area contributed by atoms with E-state index in [0.29, 0.717) is 16.6 Å². The lowest BCUT2D eigenvalue weighted by Crippen LogP contribution is -2.37. The zero-order chi connectivity index (χ0) is 26.0. The highest BCUT2D eigenvalue weighted by molar-refractivity contribution is 5.90. The van der Waals surface area contributed by atoms with Crippen LogP contribution in [0.3, 0.4) is 0 Å². The van der Waals surface area contributed by atoms with E-state index in [4.69, 9.17) is 0 Å². The van der Waals surface area contributed by atoms with Crippen molar-refractivity contribution < 1.29 is 18.0 Å². The average molecular weight is 495 g/mol. The predicted molar refractivity (Wildman–Crippen MR) is 133 cm³/mol. The number of aromatic nitrogens is 2. The van der Waals surface area contributed by atoms with Gasteiger partial charge >= 0.3 is 12.2 Å². The zero-order valence-electron chi connectivity index (χ0n) is 20.0. The molecule has 2 amide bonds. The Morgan fingerprint density at radius 1 is 1.03 bits per heavy atom. The third-order valence-electron chi connectivity index (χ3n) is 6.15. The van der Waals surface area contributed by atoms with E-state index in [9.17, 15) is 22.8 Å². The van der Waals surface area contributed by atoms with E-state index >= 15 is 0 Å². The molecule has 0 bridgehead atoms. The molecule has 9 heteroatoms. The van der Waals surface area contributed by atoms with Gasteiger partial charge in [0, 0.05) is 7.05 Å². The fourth-order valence-electron chi connectivity index (χ4n) is 3.95. The van der Waals surface area contributed by atoms with Crippen LogP contribution in [-0.4, -0.2) is 27.5 Å². The van der Waals surface area contributed by atoms with Crippen LogP contribution in [0.2, 0.25) is 0 Å². The molecule has 1 aromatic heterocycles. The maximum absolute atomic E-state index is 13.5. The Kier molecular flexibility index (Phi) is 6.83. The summed E-state index contributed by atoms with van der Waals surface area (Å²) in [6.45, 7) is 3.69. The van der Waals surface area contributed by atoms with Crippen LogP contribution in [0.15, 0.2) is 77.6 Å². The number of urea groups is 1. The van der Waals surface area contributed by atoms with E-state index in [2.05, 4.69) is 10.3 Å². The number of nitrogens with zero attached hydrogens (tertiary/aromatic N) is 3. The topological polar surface area (TPSA) is 67.2 Å². The van der Waals surface area contributed by atoms with E-state index < -0.39 is 23.8 Å². The van der Waals surface area contributed by atoms with Crippen molar-refractivity contribution in [2.45, 2.75) is 32.5 Å². The molecule has 6 nitrogen and oxygen atoms in total. The summed E-state index contributed by atoms with van der Waals surface area (Å²) in [5.74, 6) is 0.282. The van der Waals surface area contributed by atoms with E-state index in [-0.39, 0.29) is 17.1 Å². The van der Waals surface area contributed by atoms with Crippen LogP contribution in [0.25, 0.3) is 16.6 Å². The lowest BCUT2D eigenvalue weighted by Gasteiger charge is -2.27. The molecule has 0 radical (unpaired) electrons. The van der Waals surface area contributed by atoms with E-state index in [1.165, 1.54) is 34.7 Å². The summed E-state index contributed by atoms with van der Waals surface area (Å²) in [5.41, 5.74) is 0.526. The molecule has 4 rings (SSSR count). The third-order valence-corrected chi connectivity index (χ3v) is 6.15. The molecule has 3 aromatic carbocycles. The van der Waals surface area contributed by atoms with Crippen LogP contribution in [0.5, 0.6) is 0 Å². The molecule has 0 aliphatic rings. The monoisotopic (exact) mass is 494 g/mol. The normalized spacial score (nSPS) is 12.4. The Hall–Kier alpha value is -4.14. The predicted octanol–water partition coefficient (Wildman–Crippen LogP) is 6.19. The second-order valence-electron chi connectivity index (χ2n) is 8.41. The molecule has 1 heterocycles. The average Bonchev–Trinajstić information content (AvgIpc) is 2.87. The smallest absolute Gasteiger partial charge is 0.318 e. The van der Waals surface area contributed by atoms with Crippen molar-refractivity contribution in [2.75, 3.05) is 12.4 Å². The molecule has 0 saturated carbocycles. The lowest BCUT2D eigenvalue weighted by atomic mass is 10.1. The highest BCUT2D eigenvalue weighted by atomic mass is 19.4. The number of carbonyl (C=O) groups is 1. The van der Waals surface area contributed by atoms with Crippen LogP contribution in [0.1, 0.15) is 36.8 Å². The number of hydrogen-bond donors (Lipinski definition) is 1.